The molecule has 1 aliphatic rings. The number of anilines is 1. The Morgan fingerprint density at radius 2 is 1.93 bits per heavy atom. The van der Waals surface area contributed by atoms with E-state index >= 15 is 0 Å². The van der Waals surface area contributed by atoms with Crippen molar-refractivity contribution in [1.82, 2.24) is 4.72 Å². The molecule has 0 bridgehead atoms. The molecule has 1 amide bonds. The number of aryl methyl sites for hydroxylation is 1. The second-order valence-electron chi connectivity index (χ2n) is 6.99. The van der Waals surface area contributed by atoms with Crippen LogP contribution in [0.15, 0.2) is 36.4 Å². The van der Waals surface area contributed by atoms with Crippen LogP contribution >= 0.6 is 0 Å². The standard InChI is InChI=1S/C19H22N2O7S2/c1-3-8-29(24,25)28-18-7-4-13(2)9-15(18)10-14-5-6-16(17(22)11-14)21-12-19(23)20-30(21,26)27/h4-7,9,11,22H,3,8,10,12H2,1-2H3,(H,20,23). The van der Waals surface area contributed by atoms with Gasteiger partial charge in [0.1, 0.15) is 18.0 Å². The van der Waals surface area contributed by atoms with E-state index in [1.54, 1.807) is 31.2 Å². The highest BCUT2D eigenvalue weighted by Gasteiger charge is 2.35. The largest absolute Gasteiger partial charge is 0.506 e. The predicted octanol–water partition coefficient (Wildman–Crippen LogP) is 1.59. The van der Waals surface area contributed by atoms with Crippen molar-refractivity contribution in [1.29, 1.82) is 0 Å². The molecule has 1 fully saturated rings. The lowest BCUT2D eigenvalue weighted by Crippen LogP contribution is -2.29. The van der Waals surface area contributed by atoms with Gasteiger partial charge >= 0.3 is 20.3 Å². The molecular weight excluding hydrogens is 432 g/mol. The average molecular weight is 455 g/mol. The zero-order valence-corrected chi connectivity index (χ0v) is 18.1. The van der Waals surface area contributed by atoms with Crippen LogP contribution in [0.1, 0.15) is 30.0 Å². The molecule has 2 N–H and O–H groups in total. The van der Waals surface area contributed by atoms with Crippen molar-refractivity contribution in [3.8, 4) is 11.5 Å². The Kier molecular flexibility index (Phi) is 5.95. The van der Waals surface area contributed by atoms with Crippen molar-refractivity contribution in [2.45, 2.75) is 26.7 Å². The summed E-state index contributed by atoms with van der Waals surface area (Å²) in [6.07, 6.45) is 0.673. The number of benzene rings is 2. The zero-order valence-electron chi connectivity index (χ0n) is 16.5. The molecule has 0 saturated carbocycles. The summed E-state index contributed by atoms with van der Waals surface area (Å²) in [6, 6.07) is 9.48. The maximum Gasteiger partial charge on any atom is 0.326 e. The maximum atomic E-state index is 12.1. The molecule has 0 radical (unpaired) electrons. The molecule has 2 aromatic carbocycles. The first kappa shape index (κ1) is 21.9. The number of aromatic hydroxyl groups is 1. The van der Waals surface area contributed by atoms with E-state index in [-0.39, 0.29) is 29.4 Å². The quantitative estimate of drug-likeness (QED) is 0.608. The molecule has 0 aromatic heterocycles. The Hall–Kier alpha value is -2.79. The fourth-order valence-electron chi connectivity index (χ4n) is 3.13. The van der Waals surface area contributed by atoms with E-state index in [2.05, 4.69) is 0 Å². The molecule has 0 unspecified atom stereocenters. The summed E-state index contributed by atoms with van der Waals surface area (Å²) in [5, 5.41) is 10.4. The number of hydrogen-bond acceptors (Lipinski definition) is 7. The monoisotopic (exact) mass is 454 g/mol. The van der Waals surface area contributed by atoms with Crippen LogP contribution in [0.5, 0.6) is 11.5 Å². The van der Waals surface area contributed by atoms with E-state index in [1.165, 1.54) is 12.1 Å². The van der Waals surface area contributed by atoms with Gasteiger partial charge in [-0.15, -0.1) is 0 Å². The molecule has 0 spiro atoms. The number of nitrogens with zero attached hydrogens (tertiary/aromatic N) is 1. The minimum absolute atomic E-state index is 0.0247. The van der Waals surface area contributed by atoms with Crippen LogP contribution in [0.4, 0.5) is 5.69 Å². The van der Waals surface area contributed by atoms with E-state index in [1.807, 2.05) is 11.6 Å². The van der Waals surface area contributed by atoms with Crippen molar-refractivity contribution >= 4 is 31.9 Å². The molecule has 2 aromatic rings. The Labute approximate surface area is 175 Å². The van der Waals surface area contributed by atoms with Gasteiger partial charge in [0.2, 0.25) is 0 Å². The molecule has 11 heteroatoms. The zero-order chi connectivity index (χ0) is 22.1. The van der Waals surface area contributed by atoms with E-state index in [4.69, 9.17) is 4.18 Å². The van der Waals surface area contributed by atoms with Gasteiger partial charge < -0.3 is 9.29 Å². The Morgan fingerprint density at radius 3 is 2.53 bits per heavy atom. The SMILES string of the molecule is CCCS(=O)(=O)Oc1ccc(C)cc1Cc1ccc(N2CC(=O)NS2(=O)=O)c(O)c1. The van der Waals surface area contributed by atoms with E-state index in [0.717, 1.165) is 9.87 Å². The summed E-state index contributed by atoms with van der Waals surface area (Å²) >= 11 is 0. The third-order valence-corrected chi connectivity index (χ3v) is 7.14. The van der Waals surface area contributed by atoms with Gasteiger partial charge in [-0.1, -0.05) is 30.7 Å². The van der Waals surface area contributed by atoms with Gasteiger partial charge in [0, 0.05) is 12.0 Å². The summed E-state index contributed by atoms with van der Waals surface area (Å²) in [5.41, 5.74) is 2.09. The summed E-state index contributed by atoms with van der Waals surface area (Å²) in [7, 11) is -7.75. The Balaban J connectivity index is 1.90. The van der Waals surface area contributed by atoms with Gasteiger partial charge in [0.05, 0.1) is 11.4 Å². The Bertz CT molecular complexity index is 1190. The minimum Gasteiger partial charge on any atom is -0.506 e. The first-order valence-corrected chi connectivity index (χ1v) is 12.2. The van der Waals surface area contributed by atoms with Crippen molar-refractivity contribution in [3.63, 3.8) is 0 Å². The molecule has 30 heavy (non-hydrogen) atoms. The number of amides is 1. The van der Waals surface area contributed by atoms with Crippen LogP contribution < -0.4 is 13.2 Å². The molecule has 3 rings (SSSR count). The van der Waals surface area contributed by atoms with Gasteiger partial charge in [0.25, 0.3) is 5.91 Å². The normalized spacial score (nSPS) is 15.8. The number of carbonyl (C=O) groups excluding carboxylic acids is 1. The Morgan fingerprint density at radius 1 is 1.20 bits per heavy atom. The van der Waals surface area contributed by atoms with Gasteiger partial charge in [-0.05, 0) is 37.1 Å². The van der Waals surface area contributed by atoms with E-state index in [9.17, 15) is 26.7 Å². The number of nitrogens with one attached hydrogen (secondary N) is 1. The molecule has 0 atom stereocenters. The highest BCUT2D eigenvalue weighted by atomic mass is 32.2. The number of phenolic OH excluding ortho intramolecular Hbond substituents is 1. The third-order valence-electron chi connectivity index (χ3n) is 4.41. The molecule has 0 aliphatic carbocycles. The third kappa shape index (κ3) is 4.85. The van der Waals surface area contributed by atoms with E-state index in [0.29, 0.717) is 17.5 Å². The molecule has 1 saturated heterocycles. The topological polar surface area (TPSA) is 130 Å². The van der Waals surface area contributed by atoms with Crippen molar-refractivity contribution in [3.05, 3.63) is 53.1 Å². The lowest BCUT2D eigenvalue weighted by molar-refractivity contribution is -0.117. The number of carbonyl (C=O) groups is 1. The highest BCUT2D eigenvalue weighted by Crippen LogP contribution is 2.33. The minimum atomic E-state index is -4.03. The lowest BCUT2D eigenvalue weighted by Gasteiger charge is -2.17. The van der Waals surface area contributed by atoms with Crippen LogP contribution in [-0.4, -0.2) is 40.1 Å². The molecule has 1 heterocycles. The van der Waals surface area contributed by atoms with Crippen LogP contribution in [0, 0.1) is 6.92 Å². The first-order valence-electron chi connectivity index (χ1n) is 9.17. The predicted molar refractivity (Wildman–Crippen MR) is 111 cm³/mol. The number of phenols is 1. The number of rotatable bonds is 7. The van der Waals surface area contributed by atoms with E-state index < -0.39 is 32.8 Å². The molecule has 9 nitrogen and oxygen atoms in total. The molecule has 162 valence electrons. The van der Waals surface area contributed by atoms with Gasteiger partial charge in [-0.2, -0.15) is 16.8 Å². The summed E-state index contributed by atoms with van der Waals surface area (Å²) < 4.78 is 56.0. The number of hydrogen-bond donors (Lipinski definition) is 2. The summed E-state index contributed by atoms with van der Waals surface area (Å²) in [5.74, 6) is -0.906. The summed E-state index contributed by atoms with van der Waals surface area (Å²) in [6.45, 7) is 3.18. The second kappa shape index (κ2) is 8.15. The average Bonchev–Trinajstić information content (AvgIpc) is 2.89. The fraction of sp³-hybridized carbons (Fsp3) is 0.316. The van der Waals surface area contributed by atoms with Crippen LogP contribution in [-0.2, 0) is 31.5 Å². The molecule has 1 aliphatic heterocycles. The van der Waals surface area contributed by atoms with Crippen molar-refractivity contribution < 1.29 is 30.9 Å². The smallest absolute Gasteiger partial charge is 0.326 e. The van der Waals surface area contributed by atoms with Gasteiger partial charge in [-0.25, -0.2) is 9.03 Å². The van der Waals surface area contributed by atoms with Crippen molar-refractivity contribution in [2.24, 2.45) is 0 Å². The van der Waals surface area contributed by atoms with Gasteiger partial charge in [0.15, 0.2) is 0 Å². The second-order valence-corrected chi connectivity index (χ2v) is 10.3. The van der Waals surface area contributed by atoms with Crippen molar-refractivity contribution in [2.75, 3.05) is 16.6 Å². The summed E-state index contributed by atoms with van der Waals surface area (Å²) in [4.78, 5) is 11.4. The van der Waals surface area contributed by atoms with Crippen LogP contribution in [0.2, 0.25) is 0 Å². The van der Waals surface area contributed by atoms with Crippen LogP contribution in [0.25, 0.3) is 0 Å². The fourth-order valence-corrected chi connectivity index (χ4v) is 5.31. The first-order chi connectivity index (χ1) is 14.0. The van der Waals surface area contributed by atoms with Gasteiger partial charge in [-0.3, -0.25) is 4.79 Å². The maximum absolute atomic E-state index is 12.1. The molecular formula is C19H22N2O7S2. The van der Waals surface area contributed by atoms with Crippen LogP contribution in [0.3, 0.4) is 0 Å². The highest BCUT2D eigenvalue weighted by molar-refractivity contribution is 7.92. The lowest BCUT2D eigenvalue weighted by atomic mass is 10.0.